The van der Waals surface area contributed by atoms with Crippen molar-refractivity contribution in [3.8, 4) is 17.2 Å². The van der Waals surface area contributed by atoms with Crippen LogP contribution in [0.3, 0.4) is 0 Å². The fourth-order valence-corrected chi connectivity index (χ4v) is 5.06. The second kappa shape index (κ2) is 12.8. The summed E-state index contributed by atoms with van der Waals surface area (Å²) in [5.74, 6) is 0.977. The normalized spacial score (nSPS) is 15.3. The van der Waals surface area contributed by atoms with Crippen LogP contribution in [-0.4, -0.2) is 54.5 Å². The van der Waals surface area contributed by atoms with E-state index in [-0.39, 0.29) is 12.6 Å². The summed E-state index contributed by atoms with van der Waals surface area (Å²) in [4.78, 5) is 27.1. The first-order valence-electron chi connectivity index (χ1n) is 13.5. The van der Waals surface area contributed by atoms with E-state index in [0.717, 1.165) is 17.5 Å². The number of aliphatic hydroxyl groups is 1. The number of carbonyl (C=O) groups excluding carboxylic acids is 2. The molecule has 0 saturated carbocycles. The number of fused-ring (bicyclic) bond motifs is 1. The van der Waals surface area contributed by atoms with Crippen LogP contribution in [0.15, 0.2) is 60.7 Å². The predicted octanol–water partition coefficient (Wildman–Crippen LogP) is 6.76. The second-order valence-corrected chi connectivity index (χ2v) is 11.5. The van der Waals surface area contributed by atoms with Gasteiger partial charge in [-0.2, -0.15) is 0 Å². The minimum atomic E-state index is -0.936. The van der Waals surface area contributed by atoms with Crippen molar-refractivity contribution in [2.45, 2.75) is 57.8 Å². The van der Waals surface area contributed by atoms with Gasteiger partial charge >= 0.3 is 12.1 Å². The molecule has 0 radical (unpaired) electrons. The average molecular weight is 582 g/mol. The number of hydrogen-bond donors (Lipinski definition) is 1. The van der Waals surface area contributed by atoms with Crippen LogP contribution >= 0.6 is 11.6 Å². The molecular formula is C32H36ClNO7. The van der Waals surface area contributed by atoms with Gasteiger partial charge in [0.1, 0.15) is 22.8 Å². The first kappa shape index (κ1) is 30.2. The topological polar surface area (TPSA) is 94.5 Å². The summed E-state index contributed by atoms with van der Waals surface area (Å²) in [6, 6.07) is 17.5. The SMILES string of the molecule is COC(=O)c1cc(OC)cc(Oc2ccc3c(c2)C[C@@H](N(C[C@H](O)c2cccc(Cl)c2)C(=O)OC(C)(C)C)CC3)c1. The summed E-state index contributed by atoms with van der Waals surface area (Å²) in [6.07, 6.45) is 0.603. The Labute approximate surface area is 245 Å². The van der Waals surface area contributed by atoms with E-state index in [1.54, 1.807) is 47.4 Å². The highest BCUT2D eigenvalue weighted by Gasteiger charge is 2.33. The van der Waals surface area contributed by atoms with Crippen LogP contribution in [0, 0.1) is 0 Å². The van der Waals surface area contributed by atoms with E-state index in [0.29, 0.717) is 46.2 Å². The molecule has 1 amide bonds. The van der Waals surface area contributed by atoms with Crippen molar-refractivity contribution >= 4 is 23.7 Å². The number of amides is 1. The predicted molar refractivity (Wildman–Crippen MR) is 156 cm³/mol. The summed E-state index contributed by atoms with van der Waals surface area (Å²) in [5, 5.41) is 11.6. The lowest BCUT2D eigenvalue weighted by Crippen LogP contribution is -2.47. The molecule has 1 N–H and O–H groups in total. The number of carbonyl (C=O) groups is 2. The molecule has 0 fully saturated rings. The minimum absolute atomic E-state index is 0.0611. The quantitative estimate of drug-likeness (QED) is 0.294. The van der Waals surface area contributed by atoms with Crippen LogP contribution in [0.1, 0.15) is 60.3 Å². The summed E-state index contributed by atoms with van der Waals surface area (Å²) >= 11 is 6.14. The molecule has 1 aliphatic carbocycles. The van der Waals surface area contributed by atoms with Crippen molar-refractivity contribution in [1.29, 1.82) is 0 Å². The summed E-state index contributed by atoms with van der Waals surface area (Å²) in [5.41, 5.74) is 2.44. The number of methoxy groups -OCH3 is 2. The van der Waals surface area contributed by atoms with Gasteiger partial charge in [0, 0.05) is 17.1 Å². The monoisotopic (exact) mass is 581 g/mol. The van der Waals surface area contributed by atoms with Crippen molar-refractivity contribution < 1.29 is 33.6 Å². The standard InChI is InChI=1S/C32H36ClNO7/c1-32(2,3)41-31(37)34(19-29(35)21-7-6-8-24(33)13-21)25-11-9-20-10-12-26(15-22(20)14-25)40-28-17-23(30(36)39-5)16-27(18-28)38-4/h6-8,10,12-13,15-18,25,29,35H,9,11,14,19H2,1-5H3/t25-,29-/m0/s1. The van der Waals surface area contributed by atoms with Crippen LogP contribution < -0.4 is 9.47 Å². The molecule has 41 heavy (non-hydrogen) atoms. The molecule has 0 spiro atoms. The van der Waals surface area contributed by atoms with Gasteiger partial charge in [-0.05, 0) is 93.1 Å². The number of benzene rings is 3. The van der Waals surface area contributed by atoms with Crippen LogP contribution in [0.4, 0.5) is 4.79 Å². The van der Waals surface area contributed by atoms with Gasteiger partial charge in [0.05, 0.1) is 32.4 Å². The van der Waals surface area contributed by atoms with E-state index in [2.05, 4.69) is 0 Å². The van der Waals surface area contributed by atoms with E-state index >= 15 is 0 Å². The molecule has 9 heteroatoms. The fourth-order valence-electron chi connectivity index (χ4n) is 4.86. The molecule has 0 aromatic heterocycles. The Bertz CT molecular complexity index is 1400. The molecule has 0 aliphatic heterocycles. The maximum atomic E-state index is 13.4. The molecule has 0 heterocycles. The van der Waals surface area contributed by atoms with Crippen molar-refractivity contribution in [2.24, 2.45) is 0 Å². The Morgan fingerprint density at radius 2 is 1.76 bits per heavy atom. The summed E-state index contributed by atoms with van der Waals surface area (Å²) in [7, 11) is 2.83. The van der Waals surface area contributed by atoms with E-state index in [1.165, 1.54) is 14.2 Å². The number of aliphatic hydroxyl groups excluding tert-OH is 1. The Balaban J connectivity index is 1.58. The second-order valence-electron chi connectivity index (χ2n) is 11.0. The third-order valence-corrected chi connectivity index (χ3v) is 7.06. The van der Waals surface area contributed by atoms with Crippen molar-refractivity contribution in [2.75, 3.05) is 20.8 Å². The largest absolute Gasteiger partial charge is 0.497 e. The van der Waals surface area contributed by atoms with Crippen molar-refractivity contribution in [1.82, 2.24) is 4.90 Å². The van der Waals surface area contributed by atoms with Gasteiger partial charge in [-0.25, -0.2) is 9.59 Å². The van der Waals surface area contributed by atoms with Crippen molar-refractivity contribution in [3.63, 3.8) is 0 Å². The molecule has 3 aromatic rings. The highest BCUT2D eigenvalue weighted by atomic mass is 35.5. The van der Waals surface area contributed by atoms with Crippen LogP contribution in [-0.2, 0) is 22.3 Å². The summed E-state index contributed by atoms with van der Waals surface area (Å²) < 4.78 is 22.0. The number of rotatable bonds is 8. The molecular weight excluding hydrogens is 546 g/mol. The Morgan fingerprint density at radius 1 is 1.00 bits per heavy atom. The minimum Gasteiger partial charge on any atom is -0.497 e. The zero-order valence-corrected chi connectivity index (χ0v) is 24.7. The number of ether oxygens (including phenoxy) is 4. The molecule has 218 valence electrons. The van der Waals surface area contributed by atoms with Crippen LogP contribution in [0.5, 0.6) is 17.2 Å². The fraction of sp³-hybridized carbons (Fsp3) is 0.375. The van der Waals surface area contributed by atoms with Gasteiger partial charge < -0.3 is 29.0 Å². The number of hydrogen-bond acceptors (Lipinski definition) is 7. The molecule has 1 aliphatic rings. The van der Waals surface area contributed by atoms with Gasteiger partial charge in [0.2, 0.25) is 0 Å². The third kappa shape index (κ3) is 7.93. The smallest absolute Gasteiger partial charge is 0.410 e. The molecule has 2 atom stereocenters. The zero-order valence-electron chi connectivity index (χ0n) is 24.0. The van der Waals surface area contributed by atoms with Crippen molar-refractivity contribution in [3.05, 3.63) is 87.9 Å². The molecule has 0 unspecified atom stereocenters. The van der Waals surface area contributed by atoms with E-state index in [1.807, 2.05) is 39.0 Å². The highest BCUT2D eigenvalue weighted by molar-refractivity contribution is 6.30. The lowest BCUT2D eigenvalue weighted by Gasteiger charge is -2.37. The first-order valence-corrected chi connectivity index (χ1v) is 13.8. The number of esters is 1. The van der Waals surface area contributed by atoms with Crippen LogP contribution in [0.25, 0.3) is 0 Å². The maximum Gasteiger partial charge on any atom is 0.410 e. The molecule has 8 nitrogen and oxygen atoms in total. The van der Waals surface area contributed by atoms with E-state index < -0.39 is 23.8 Å². The van der Waals surface area contributed by atoms with E-state index in [9.17, 15) is 14.7 Å². The zero-order chi connectivity index (χ0) is 29.7. The van der Waals surface area contributed by atoms with Gasteiger partial charge in [-0.3, -0.25) is 0 Å². The molecule has 0 saturated heterocycles. The van der Waals surface area contributed by atoms with Gasteiger partial charge in [0.15, 0.2) is 0 Å². The van der Waals surface area contributed by atoms with Crippen LogP contribution in [0.2, 0.25) is 5.02 Å². The number of halogens is 1. The lowest BCUT2D eigenvalue weighted by molar-refractivity contribution is 0.00194. The van der Waals surface area contributed by atoms with Gasteiger partial charge in [-0.15, -0.1) is 0 Å². The lowest BCUT2D eigenvalue weighted by atomic mass is 9.87. The highest BCUT2D eigenvalue weighted by Crippen LogP contribution is 2.33. The van der Waals surface area contributed by atoms with E-state index in [4.69, 9.17) is 30.5 Å². The Kier molecular flexibility index (Phi) is 9.46. The summed E-state index contributed by atoms with van der Waals surface area (Å²) in [6.45, 7) is 5.52. The molecule has 4 rings (SSSR count). The average Bonchev–Trinajstić information content (AvgIpc) is 2.93. The third-order valence-electron chi connectivity index (χ3n) is 6.82. The first-order chi connectivity index (χ1) is 19.5. The Morgan fingerprint density at radius 3 is 2.44 bits per heavy atom. The Hall–Kier alpha value is -3.75. The number of aryl methyl sites for hydroxylation is 1. The number of nitrogens with zero attached hydrogens (tertiary/aromatic N) is 1. The molecule has 3 aromatic carbocycles. The molecule has 0 bridgehead atoms. The maximum absolute atomic E-state index is 13.4. The van der Waals surface area contributed by atoms with Gasteiger partial charge in [-0.1, -0.05) is 29.8 Å². The van der Waals surface area contributed by atoms with Gasteiger partial charge in [0.25, 0.3) is 0 Å².